The van der Waals surface area contributed by atoms with E-state index in [-0.39, 0.29) is 24.3 Å². The van der Waals surface area contributed by atoms with Gasteiger partial charge in [-0.25, -0.2) is 0 Å². The van der Waals surface area contributed by atoms with E-state index in [9.17, 15) is 14.4 Å². The van der Waals surface area contributed by atoms with Crippen molar-refractivity contribution in [2.75, 3.05) is 46.0 Å². The summed E-state index contributed by atoms with van der Waals surface area (Å²) in [5.74, 6) is -0.416. The normalized spacial score (nSPS) is 16.2. The second-order valence-electron chi connectivity index (χ2n) is 7.72. The van der Waals surface area contributed by atoms with E-state index in [1.54, 1.807) is 42.5 Å². The molecule has 32 heavy (non-hydrogen) atoms. The second-order valence-corrected chi connectivity index (χ2v) is 7.72. The molecule has 2 aliphatic rings. The van der Waals surface area contributed by atoms with E-state index in [1.807, 2.05) is 6.92 Å². The molecule has 2 aliphatic heterocycles. The first kappa shape index (κ1) is 22.0. The van der Waals surface area contributed by atoms with Crippen LogP contribution in [0, 0.1) is 0 Å². The Morgan fingerprint density at radius 1 is 1.06 bits per heavy atom. The summed E-state index contributed by atoms with van der Waals surface area (Å²) in [4.78, 5) is 41.7. The molecule has 2 heterocycles. The highest BCUT2D eigenvalue weighted by Gasteiger charge is 2.35. The molecule has 0 spiro atoms. The molecule has 4 rings (SSSR count). The Labute approximate surface area is 187 Å². The predicted octanol–water partition coefficient (Wildman–Crippen LogP) is 1.94. The van der Waals surface area contributed by atoms with Gasteiger partial charge in [0, 0.05) is 26.2 Å². The van der Waals surface area contributed by atoms with Crippen LogP contribution in [0.2, 0.25) is 0 Å². The van der Waals surface area contributed by atoms with Crippen LogP contribution in [0.25, 0.3) is 0 Å². The molecule has 1 saturated heterocycles. The molecule has 0 unspecified atom stereocenters. The number of carbonyl (C=O) groups excluding carboxylic acids is 3. The molecule has 168 valence electrons. The van der Waals surface area contributed by atoms with Crippen molar-refractivity contribution < 1.29 is 23.9 Å². The van der Waals surface area contributed by atoms with Crippen LogP contribution in [0.1, 0.15) is 43.6 Å². The average Bonchev–Trinajstić information content (AvgIpc) is 3.06. The third-order valence-corrected chi connectivity index (χ3v) is 5.62. The van der Waals surface area contributed by atoms with Gasteiger partial charge in [0.05, 0.1) is 43.1 Å². The van der Waals surface area contributed by atoms with Crippen molar-refractivity contribution in [3.8, 4) is 5.75 Å². The monoisotopic (exact) mass is 437 g/mol. The maximum atomic E-state index is 12.9. The molecule has 2 aromatic carbocycles. The van der Waals surface area contributed by atoms with E-state index < -0.39 is 0 Å². The molecule has 8 nitrogen and oxygen atoms in total. The fraction of sp³-hybridized carbons (Fsp3) is 0.375. The van der Waals surface area contributed by atoms with Gasteiger partial charge in [-0.15, -0.1) is 0 Å². The molecule has 0 aromatic heterocycles. The third kappa shape index (κ3) is 4.66. The summed E-state index contributed by atoms with van der Waals surface area (Å²) in [5.41, 5.74) is 1.89. The fourth-order valence-electron chi connectivity index (χ4n) is 3.95. The molecule has 0 bridgehead atoms. The van der Waals surface area contributed by atoms with Crippen LogP contribution in [-0.4, -0.2) is 73.5 Å². The van der Waals surface area contributed by atoms with E-state index in [4.69, 9.17) is 9.47 Å². The number of benzene rings is 2. The molecular weight excluding hydrogens is 410 g/mol. The van der Waals surface area contributed by atoms with Crippen molar-refractivity contribution in [3.05, 3.63) is 64.7 Å². The first-order chi connectivity index (χ1) is 15.6. The lowest BCUT2D eigenvalue weighted by Crippen LogP contribution is -2.41. The molecule has 0 saturated carbocycles. The van der Waals surface area contributed by atoms with Gasteiger partial charge >= 0.3 is 0 Å². The van der Waals surface area contributed by atoms with Crippen LogP contribution in [-0.2, 0) is 11.3 Å². The predicted molar refractivity (Wildman–Crippen MR) is 118 cm³/mol. The van der Waals surface area contributed by atoms with E-state index in [1.165, 1.54) is 4.90 Å². The number of morpholine rings is 1. The zero-order chi connectivity index (χ0) is 22.5. The minimum atomic E-state index is -0.323. The summed E-state index contributed by atoms with van der Waals surface area (Å²) in [7, 11) is 0. The van der Waals surface area contributed by atoms with Gasteiger partial charge in [-0.2, -0.15) is 0 Å². The molecule has 1 N–H and O–H groups in total. The number of nitrogens with zero attached hydrogens (tertiary/aromatic N) is 2. The molecule has 0 radical (unpaired) electrons. The fourth-order valence-corrected chi connectivity index (χ4v) is 3.95. The highest BCUT2D eigenvalue weighted by molar-refractivity contribution is 6.21. The van der Waals surface area contributed by atoms with Crippen molar-refractivity contribution in [3.63, 3.8) is 0 Å². The van der Waals surface area contributed by atoms with Gasteiger partial charge in [0.1, 0.15) is 5.75 Å². The first-order valence-electron chi connectivity index (χ1n) is 10.9. The Hall–Kier alpha value is -3.23. The average molecular weight is 437 g/mol. The Morgan fingerprint density at radius 2 is 1.75 bits per heavy atom. The summed E-state index contributed by atoms with van der Waals surface area (Å²) in [6, 6.07) is 12.0. The lowest BCUT2D eigenvalue weighted by atomic mass is 10.1. The number of imide groups is 1. The molecule has 8 heteroatoms. The Balaban J connectivity index is 1.46. The van der Waals surface area contributed by atoms with Gasteiger partial charge in [-0.05, 0) is 36.8 Å². The van der Waals surface area contributed by atoms with Crippen LogP contribution in [0.4, 0.5) is 0 Å². The van der Waals surface area contributed by atoms with Crippen LogP contribution in [0.3, 0.4) is 0 Å². The molecule has 0 aliphatic carbocycles. The Kier molecular flexibility index (Phi) is 6.82. The maximum Gasteiger partial charge on any atom is 0.261 e. The quantitative estimate of drug-likeness (QED) is 0.635. The van der Waals surface area contributed by atoms with Crippen molar-refractivity contribution >= 4 is 17.7 Å². The lowest BCUT2D eigenvalue weighted by Gasteiger charge is -2.26. The zero-order valence-corrected chi connectivity index (χ0v) is 18.1. The standard InChI is InChI=1S/C24H27N3O5/c1-2-32-21-8-7-17(16-27-23(29)18-5-3-4-6-19(18)24(27)30)15-20(21)22(28)25-9-10-26-11-13-31-14-12-26/h3-8,15H,2,9-14,16H2,1H3,(H,25,28). The van der Waals surface area contributed by atoms with Gasteiger partial charge in [0.2, 0.25) is 0 Å². The third-order valence-electron chi connectivity index (χ3n) is 5.62. The number of fused-ring (bicyclic) bond motifs is 1. The Bertz CT molecular complexity index is 981. The maximum absolute atomic E-state index is 12.9. The molecule has 0 atom stereocenters. The van der Waals surface area contributed by atoms with Crippen molar-refractivity contribution in [1.29, 1.82) is 0 Å². The van der Waals surface area contributed by atoms with Crippen LogP contribution < -0.4 is 10.1 Å². The molecular formula is C24H27N3O5. The molecule has 2 aromatic rings. The summed E-state index contributed by atoms with van der Waals surface area (Å²) in [6.07, 6.45) is 0. The van der Waals surface area contributed by atoms with Gasteiger partial charge in [0.15, 0.2) is 0 Å². The topological polar surface area (TPSA) is 88.2 Å². The van der Waals surface area contributed by atoms with E-state index in [0.717, 1.165) is 19.6 Å². The van der Waals surface area contributed by atoms with Crippen LogP contribution >= 0.6 is 0 Å². The summed E-state index contributed by atoms with van der Waals surface area (Å²) >= 11 is 0. The van der Waals surface area contributed by atoms with Crippen LogP contribution in [0.15, 0.2) is 42.5 Å². The number of carbonyl (C=O) groups is 3. The SMILES string of the molecule is CCOc1ccc(CN2C(=O)c3ccccc3C2=O)cc1C(=O)NCCN1CCOCC1. The van der Waals surface area contributed by atoms with Gasteiger partial charge < -0.3 is 14.8 Å². The summed E-state index contributed by atoms with van der Waals surface area (Å²) in [6.45, 7) is 6.75. The van der Waals surface area contributed by atoms with E-state index >= 15 is 0 Å². The summed E-state index contributed by atoms with van der Waals surface area (Å²) < 4.78 is 11.0. The smallest absolute Gasteiger partial charge is 0.261 e. The number of amides is 3. The van der Waals surface area contributed by atoms with Crippen molar-refractivity contribution in [2.45, 2.75) is 13.5 Å². The lowest BCUT2D eigenvalue weighted by molar-refractivity contribution is 0.0383. The first-order valence-corrected chi connectivity index (χ1v) is 10.9. The molecule has 3 amide bonds. The highest BCUT2D eigenvalue weighted by atomic mass is 16.5. The zero-order valence-electron chi connectivity index (χ0n) is 18.1. The van der Waals surface area contributed by atoms with E-state index in [0.29, 0.717) is 54.4 Å². The van der Waals surface area contributed by atoms with E-state index in [2.05, 4.69) is 10.2 Å². The van der Waals surface area contributed by atoms with Crippen molar-refractivity contribution in [1.82, 2.24) is 15.1 Å². The Morgan fingerprint density at radius 3 is 2.41 bits per heavy atom. The highest BCUT2D eigenvalue weighted by Crippen LogP contribution is 2.26. The number of hydrogen-bond acceptors (Lipinski definition) is 6. The number of hydrogen-bond donors (Lipinski definition) is 1. The van der Waals surface area contributed by atoms with Gasteiger partial charge in [0.25, 0.3) is 17.7 Å². The minimum Gasteiger partial charge on any atom is -0.493 e. The molecule has 1 fully saturated rings. The van der Waals surface area contributed by atoms with Gasteiger partial charge in [-0.1, -0.05) is 18.2 Å². The van der Waals surface area contributed by atoms with Crippen LogP contribution in [0.5, 0.6) is 5.75 Å². The number of nitrogens with one attached hydrogen (secondary N) is 1. The number of ether oxygens (including phenoxy) is 2. The minimum absolute atomic E-state index is 0.0901. The van der Waals surface area contributed by atoms with Gasteiger partial charge in [-0.3, -0.25) is 24.2 Å². The largest absolute Gasteiger partial charge is 0.493 e. The summed E-state index contributed by atoms with van der Waals surface area (Å²) in [5, 5.41) is 2.95. The number of rotatable bonds is 8. The van der Waals surface area contributed by atoms with Crippen molar-refractivity contribution in [2.24, 2.45) is 0 Å². The second kappa shape index (κ2) is 9.93.